The molecular formula is C19H21FN2O2. The molecule has 0 radical (unpaired) electrons. The molecule has 0 bridgehead atoms. The molecule has 1 N–H and O–H groups in total. The summed E-state index contributed by atoms with van der Waals surface area (Å²) in [6, 6.07) is 3.72. The molecule has 0 saturated carbocycles. The molecule has 0 unspecified atom stereocenters. The number of oxime groups is 1. The van der Waals surface area contributed by atoms with Crippen molar-refractivity contribution in [1.82, 2.24) is 4.90 Å². The summed E-state index contributed by atoms with van der Waals surface area (Å²) in [6.07, 6.45) is 2.98. The van der Waals surface area contributed by atoms with Crippen LogP contribution in [-0.2, 0) is 4.84 Å². The van der Waals surface area contributed by atoms with Crippen molar-refractivity contribution in [3.63, 3.8) is 0 Å². The first-order valence-electron chi connectivity index (χ1n) is 9.30. The number of hydrogen-bond acceptors (Lipinski definition) is 4. The number of phenolic OH excluding ortho intramolecular Hbond substituents is 1. The van der Waals surface area contributed by atoms with E-state index in [1.54, 1.807) is 18.2 Å². The van der Waals surface area contributed by atoms with Crippen molar-refractivity contribution in [3.8, 4) is 5.75 Å². The molecule has 0 aliphatic carbocycles. The van der Waals surface area contributed by atoms with Gasteiger partial charge in [-0.05, 0) is 50.0 Å². The number of nitrogens with zero attached hydrogens (tertiary/aromatic N) is 2. The van der Waals surface area contributed by atoms with Crippen LogP contribution in [0.1, 0.15) is 16.6 Å². The largest absolute Gasteiger partial charge is 0.508 e. The Morgan fingerprint density at radius 3 is 2.71 bits per heavy atom. The van der Waals surface area contributed by atoms with Gasteiger partial charge in [0.15, 0.2) is 0 Å². The summed E-state index contributed by atoms with van der Waals surface area (Å²) in [5.41, 5.74) is 0.238. The van der Waals surface area contributed by atoms with Gasteiger partial charge in [0.25, 0.3) is 0 Å². The van der Waals surface area contributed by atoms with E-state index in [0.29, 0.717) is 12.1 Å². The monoisotopic (exact) mass is 332 g/mol. The van der Waals surface area contributed by atoms with Crippen molar-refractivity contribution >= 4 is 11.8 Å². The Kier molecular flexibility index (Phi) is 4.69. The highest BCUT2D eigenvalue weighted by atomic mass is 19.1. The lowest BCUT2D eigenvalue weighted by Gasteiger charge is -2.08. The molecule has 0 aliphatic heterocycles. The van der Waals surface area contributed by atoms with E-state index in [0.717, 1.165) is 0 Å². The summed E-state index contributed by atoms with van der Waals surface area (Å²) < 4.78 is 45.7. The number of hydrogen-bond donors (Lipinski definition) is 1. The Morgan fingerprint density at radius 1 is 1.29 bits per heavy atom. The molecule has 0 heterocycles. The van der Waals surface area contributed by atoms with E-state index < -0.39 is 30.0 Å². The van der Waals surface area contributed by atoms with Crippen molar-refractivity contribution in [2.24, 2.45) is 5.16 Å². The van der Waals surface area contributed by atoms with Gasteiger partial charge in [-0.1, -0.05) is 35.4 Å². The number of benzene rings is 2. The van der Waals surface area contributed by atoms with Crippen LogP contribution in [0.3, 0.4) is 0 Å². The van der Waals surface area contributed by atoms with Gasteiger partial charge in [-0.2, -0.15) is 0 Å². The molecule has 4 nitrogen and oxygen atoms in total. The summed E-state index contributed by atoms with van der Waals surface area (Å²) in [4.78, 5) is 7.10. The van der Waals surface area contributed by atoms with Crippen LogP contribution < -0.4 is 0 Å². The van der Waals surface area contributed by atoms with Gasteiger partial charge in [0, 0.05) is 12.1 Å². The molecule has 2 aromatic carbocycles. The molecule has 0 amide bonds. The number of phenols is 1. The first-order chi connectivity index (χ1) is 13.2. The lowest BCUT2D eigenvalue weighted by Crippen LogP contribution is -2.17. The van der Waals surface area contributed by atoms with E-state index in [9.17, 15) is 9.50 Å². The van der Waals surface area contributed by atoms with Gasteiger partial charge in [-0.25, -0.2) is 4.39 Å². The Bertz CT molecular complexity index is 871. The van der Waals surface area contributed by atoms with Gasteiger partial charge in [-0.15, -0.1) is 0 Å². The molecule has 2 rings (SSSR count). The smallest absolute Gasteiger partial charge is 0.132 e. The second kappa shape index (κ2) is 8.84. The van der Waals surface area contributed by atoms with Crippen LogP contribution in [0.2, 0.25) is 0 Å². The average molecular weight is 332 g/mol. The zero-order valence-electron chi connectivity index (χ0n) is 17.5. The molecule has 126 valence electrons. The van der Waals surface area contributed by atoms with E-state index in [1.807, 2.05) is 19.0 Å². The Balaban J connectivity index is 2.47. The predicted molar refractivity (Wildman–Crippen MR) is 94.6 cm³/mol. The Hall–Kier alpha value is -2.66. The van der Waals surface area contributed by atoms with Crippen molar-refractivity contribution in [2.45, 2.75) is 0 Å². The summed E-state index contributed by atoms with van der Waals surface area (Å²) in [5.74, 6) is -1.00. The van der Waals surface area contributed by atoms with Gasteiger partial charge < -0.3 is 14.8 Å². The van der Waals surface area contributed by atoms with Crippen molar-refractivity contribution in [1.29, 1.82) is 0 Å². The molecule has 0 spiro atoms. The lowest BCUT2D eigenvalue weighted by atomic mass is 10.1. The van der Waals surface area contributed by atoms with Crippen LogP contribution in [-0.4, -0.2) is 43.0 Å². The Morgan fingerprint density at radius 2 is 2.00 bits per heavy atom. The van der Waals surface area contributed by atoms with Crippen LogP contribution >= 0.6 is 0 Å². The number of allylic oxidation sites excluding steroid dienone is 1. The van der Waals surface area contributed by atoms with Gasteiger partial charge >= 0.3 is 0 Å². The predicted octanol–water partition coefficient (Wildman–Crippen LogP) is 3.53. The lowest BCUT2D eigenvalue weighted by molar-refractivity contribution is 0.126. The highest BCUT2D eigenvalue weighted by Crippen LogP contribution is 2.13. The third-order valence-electron chi connectivity index (χ3n) is 3.02. The minimum Gasteiger partial charge on any atom is -0.508 e. The molecule has 0 aromatic heterocycles. The Labute approximate surface area is 147 Å². The third-order valence-corrected chi connectivity index (χ3v) is 3.02. The molecule has 0 aliphatic rings. The van der Waals surface area contributed by atoms with Crippen LogP contribution in [0.5, 0.6) is 5.75 Å². The average Bonchev–Trinajstić information content (AvgIpc) is 2.66. The van der Waals surface area contributed by atoms with Gasteiger partial charge in [-0.3, -0.25) is 0 Å². The summed E-state index contributed by atoms with van der Waals surface area (Å²) in [5, 5.41) is 13.3. The topological polar surface area (TPSA) is 45.1 Å². The molecule has 0 fully saturated rings. The normalized spacial score (nSPS) is 14.4. The van der Waals surface area contributed by atoms with E-state index in [1.165, 1.54) is 18.2 Å². The maximum Gasteiger partial charge on any atom is 0.132 e. The first-order valence-corrected chi connectivity index (χ1v) is 7.30. The van der Waals surface area contributed by atoms with Gasteiger partial charge in [0.05, 0.1) is 5.48 Å². The summed E-state index contributed by atoms with van der Waals surface area (Å²) >= 11 is 0. The molecule has 2 aromatic rings. The van der Waals surface area contributed by atoms with Crippen LogP contribution in [0.15, 0.2) is 59.7 Å². The summed E-state index contributed by atoms with van der Waals surface area (Å²) in [7, 11) is 3.71. The SMILES string of the molecule is [2H]c1c([2H])c([2H])c(C(/C=C/c2ccc(O)cc2)=N/OCCN(C)C)c(F)c1[2H]. The number of rotatable bonds is 7. The second-order valence-corrected chi connectivity index (χ2v) is 5.23. The molecule has 5 heteroatoms. The summed E-state index contributed by atoms with van der Waals surface area (Å²) in [6.45, 7) is 0.782. The van der Waals surface area contributed by atoms with Crippen molar-refractivity contribution < 1.29 is 19.8 Å². The zero-order valence-corrected chi connectivity index (χ0v) is 13.5. The van der Waals surface area contributed by atoms with Gasteiger partial charge in [0.2, 0.25) is 0 Å². The number of halogens is 1. The van der Waals surface area contributed by atoms with Crippen LogP contribution in [0.25, 0.3) is 6.08 Å². The van der Waals surface area contributed by atoms with E-state index >= 15 is 0 Å². The number of likely N-dealkylation sites (N-methyl/N-ethyl adjacent to an activating group) is 1. The standard InChI is InChI=1S/C19H21FN2O2/c1-22(2)13-14-24-21-19(17-5-3-4-6-18(17)20)12-9-15-7-10-16(23)11-8-15/h3-12,23H,13-14H2,1-2H3/b12-9+,21-19+/i3D,4D,5D,6D. The number of aromatic hydroxyl groups is 1. The molecule has 0 saturated heterocycles. The molecule has 0 atom stereocenters. The fourth-order valence-electron chi connectivity index (χ4n) is 1.73. The van der Waals surface area contributed by atoms with Crippen LogP contribution in [0.4, 0.5) is 4.39 Å². The third kappa shape index (κ3) is 5.52. The highest BCUT2D eigenvalue weighted by Gasteiger charge is 2.07. The van der Waals surface area contributed by atoms with Crippen molar-refractivity contribution in [2.75, 3.05) is 27.2 Å². The second-order valence-electron chi connectivity index (χ2n) is 5.23. The maximum absolute atomic E-state index is 14.6. The van der Waals surface area contributed by atoms with E-state index in [2.05, 4.69) is 5.16 Å². The fourth-order valence-corrected chi connectivity index (χ4v) is 1.73. The van der Waals surface area contributed by atoms with E-state index in [4.69, 9.17) is 10.3 Å². The zero-order chi connectivity index (χ0) is 20.8. The minimum atomic E-state index is -1.10. The van der Waals surface area contributed by atoms with Gasteiger partial charge in [0.1, 0.15) is 23.9 Å². The fraction of sp³-hybridized carbons (Fsp3) is 0.211. The minimum absolute atomic E-state index is 0.0728. The molecule has 24 heavy (non-hydrogen) atoms. The van der Waals surface area contributed by atoms with Crippen molar-refractivity contribution in [3.05, 3.63) is 71.5 Å². The van der Waals surface area contributed by atoms with Crippen LogP contribution in [0, 0.1) is 5.82 Å². The first kappa shape index (κ1) is 12.7. The quantitative estimate of drug-likeness (QED) is 0.479. The highest BCUT2D eigenvalue weighted by molar-refractivity contribution is 6.10. The van der Waals surface area contributed by atoms with E-state index in [-0.39, 0.29) is 23.6 Å². The molecular weight excluding hydrogens is 307 g/mol. The maximum atomic E-state index is 14.6.